The second-order valence-electron chi connectivity index (χ2n) is 8.88. The lowest BCUT2D eigenvalue weighted by Crippen LogP contribution is -2.30. The lowest BCUT2D eigenvalue weighted by Gasteiger charge is -2.12. The summed E-state index contributed by atoms with van der Waals surface area (Å²) in [6.07, 6.45) is 5.42. The lowest BCUT2D eigenvalue weighted by atomic mass is 10.1. The Morgan fingerprint density at radius 2 is 1.64 bits per heavy atom. The van der Waals surface area contributed by atoms with Crippen molar-refractivity contribution in [1.82, 2.24) is 9.47 Å². The van der Waals surface area contributed by atoms with Crippen LogP contribution in [0.5, 0.6) is 5.75 Å². The van der Waals surface area contributed by atoms with E-state index < -0.39 is 0 Å². The van der Waals surface area contributed by atoms with E-state index in [1.807, 2.05) is 72.8 Å². The normalized spacial score (nSPS) is 14.8. The van der Waals surface area contributed by atoms with Crippen LogP contribution in [0, 0.1) is 6.92 Å². The van der Waals surface area contributed by atoms with Crippen molar-refractivity contribution in [2.75, 3.05) is 13.2 Å². The van der Waals surface area contributed by atoms with E-state index in [1.165, 1.54) is 10.5 Å². The molecular formula is C30H28N2O3S. The first-order chi connectivity index (χ1) is 17.6. The molecule has 4 aromatic rings. The van der Waals surface area contributed by atoms with Gasteiger partial charge in [0.15, 0.2) is 0 Å². The number of hydrogen-bond acceptors (Lipinski definition) is 4. The van der Waals surface area contributed by atoms with Crippen molar-refractivity contribution in [3.8, 4) is 5.75 Å². The van der Waals surface area contributed by atoms with Crippen molar-refractivity contribution >= 4 is 39.9 Å². The van der Waals surface area contributed by atoms with Gasteiger partial charge in [-0.25, -0.2) is 0 Å². The maximum absolute atomic E-state index is 13.0. The molecule has 1 aliphatic rings. The van der Waals surface area contributed by atoms with Crippen molar-refractivity contribution < 1.29 is 14.3 Å². The number of benzene rings is 3. The number of nitrogens with zero attached hydrogens (tertiary/aromatic N) is 2. The Kier molecular flexibility index (Phi) is 7.23. The first-order valence-electron chi connectivity index (χ1n) is 12.1. The van der Waals surface area contributed by atoms with Crippen molar-refractivity contribution in [1.29, 1.82) is 0 Å². The minimum atomic E-state index is -0.218. The predicted octanol–water partition coefficient (Wildman–Crippen LogP) is 6.70. The van der Waals surface area contributed by atoms with E-state index in [2.05, 4.69) is 29.8 Å². The van der Waals surface area contributed by atoms with E-state index in [1.54, 1.807) is 0 Å². The molecule has 0 bridgehead atoms. The zero-order valence-electron chi connectivity index (χ0n) is 20.2. The van der Waals surface area contributed by atoms with Crippen LogP contribution in [0.1, 0.15) is 23.1 Å². The molecule has 0 spiro atoms. The van der Waals surface area contributed by atoms with Gasteiger partial charge < -0.3 is 9.30 Å². The summed E-state index contributed by atoms with van der Waals surface area (Å²) < 4.78 is 8.08. The highest BCUT2D eigenvalue weighted by Crippen LogP contribution is 2.34. The standard InChI is InChI=1S/C30H28N2O3S/c1-22-12-14-25(15-13-22)35-19-7-17-31-21-24(26-10-5-6-11-27(26)31)20-28-29(33)32(30(34)36-28)18-16-23-8-3-2-4-9-23/h2-6,8-15,20-21H,7,16-19H2,1H3/b28-20-. The Morgan fingerprint density at radius 3 is 2.44 bits per heavy atom. The number of aromatic nitrogens is 1. The molecule has 0 N–H and O–H groups in total. The molecule has 2 amide bonds. The van der Waals surface area contributed by atoms with Crippen molar-refractivity contribution in [2.24, 2.45) is 0 Å². The van der Waals surface area contributed by atoms with Gasteiger partial charge in [-0.05, 0) is 61.4 Å². The molecule has 3 aromatic carbocycles. The molecule has 182 valence electrons. The fourth-order valence-electron chi connectivity index (χ4n) is 4.35. The van der Waals surface area contributed by atoms with Crippen molar-refractivity contribution in [3.63, 3.8) is 0 Å². The first kappa shape index (κ1) is 23.9. The van der Waals surface area contributed by atoms with Gasteiger partial charge in [0.1, 0.15) is 5.75 Å². The third-order valence-electron chi connectivity index (χ3n) is 6.28. The molecule has 36 heavy (non-hydrogen) atoms. The number of carbonyl (C=O) groups excluding carboxylic acids is 2. The fraction of sp³-hybridized carbons (Fsp3) is 0.200. The van der Waals surface area contributed by atoms with Gasteiger partial charge in [-0.2, -0.15) is 0 Å². The predicted molar refractivity (Wildman–Crippen MR) is 146 cm³/mol. The van der Waals surface area contributed by atoms with Gasteiger partial charge in [0.2, 0.25) is 0 Å². The van der Waals surface area contributed by atoms with Crippen LogP contribution in [-0.4, -0.2) is 33.8 Å². The van der Waals surface area contributed by atoms with E-state index >= 15 is 0 Å². The Bertz CT molecular complexity index is 1410. The molecule has 0 aliphatic carbocycles. The van der Waals surface area contributed by atoms with Gasteiger partial charge in [-0.15, -0.1) is 0 Å². The summed E-state index contributed by atoms with van der Waals surface area (Å²) in [4.78, 5) is 27.5. The molecule has 5 nitrogen and oxygen atoms in total. The number of carbonyl (C=O) groups is 2. The van der Waals surface area contributed by atoms with Crippen molar-refractivity contribution in [2.45, 2.75) is 26.3 Å². The third-order valence-corrected chi connectivity index (χ3v) is 7.19. The van der Waals surface area contributed by atoms with E-state index in [4.69, 9.17) is 4.74 Å². The van der Waals surface area contributed by atoms with E-state index in [0.29, 0.717) is 24.5 Å². The number of amides is 2. The molecule has 0 saturated carbocycles. The van der Waals surface area contributed by atoms with Crippen LogP contribution >= 0.6 is 11.8 Å². The van der Waals surface area contributed by atoms with Gasteiger partial charge in [0, 0.05) is 35.8 Å². The molecule has 1 aliphatic heterocycles. The molecule has 6 heteroatoms. The largest absolute Gasteiger partial charge is 0.494 e. The highest BCUT2D eigenvalue weighted by atomic mass is 32.2. The van der Waals surface area contributed by atoms with Crippen LogP contribution in [0.4, 0.5) is 4.79 Å². The number of aryl methyl sites for hydroxylation is 2. The second-order valence-corrected chi connectivity index (χ2v) is 9.87. The number of fused-ring (bicyclic) bond motifs is 1. The van der Waals surface area contributed by atoms with Crippen LogP contribution in [0.3, 0.4) is 0 Å². The quantitative estimate of drug-likeness (QED) is 0.191. The smallest absolute Gasteiger partial charge is 0.293 e. The minimum Gasteiger partial charge on any atom is -0.494 e. The Balaban J connectivity index is 1.28. The van der Waals surface area contributed by atoms with Gasteiger partial charge in [0.05, 0.1) is 11.5 Å². The Morgan fingerprint density at radius 1 is 0.889 bits per heavy atom. The maximum Gasteiger partial charge on any atom is 0.293 e. The van der Waals surface area contributed by atoms with Gasteiger partial charge in [-0.3, -0.25) is 14.5 Å². The first-order valence-corrected chi connectivity index (χ1v) is 13.0. The summed E-state index contributed by atoms with van der Waals surface area (Å²) >= 11 is 1.02. The van der Waals surface area contributed by atoms with Gasteiger partial charge >= 0.3 is 0 Å². The summed E-state index contributed by atoms with van der Waals surface area (Å²) in [6, 6.07) is 26.1. The molecule has 1 saturated heterocycles. The summed E-state index contributed by atoms with van der Waals surface area (Å²) in [6.45, 7) is 3.85. The van der Waals surface area contributed by atoms with Crippen LogP contribution in [0.15, 0.2) is 90.0 Å². The Hall–Kier alpha value is -3.77. The molecule has 1 fully saturated rings. The van der Waals surface area contributed by atoms with E-state index in [-0.39, 0.29) is 11.1 Å². The fourth-order valence-corrected chi connectivity index (χ4v) is 5.21. The SMILES string of the molecule is Cc1ccc(OCCCn2cc(/C=C3\SC(=O)N(CCc4ccccc4)C3=O)c3ccccc32)cc1. The van der Waals surface area contributed by atoms with Crippen LogP contribution in [0.25, 0.3) is 17.0 Å². The molecular weight excluding hydrogens is 468 g/mol. The number of hydrogen-bond donors (Lipinski definition) is 0. The maximum atomic E-state index is 13.0. The van der Waals surface area contributed by atoms with E-state index in [0.717, 1.165) is 52.5 Å². The zero-order valence-corrected chi connectivity index (χ0v) is 21.0. The highest BCUT2D eigenvalue weighted by Gasteiger charge is 2.34. The molecule has 1 aromatic heterocycles. The van der Waals surface area contributed by atoms with Crippen molar-refractivity contribution in [3.05, 3.63) is 107 Å². The molecule has 0 unspecified atom stereocenters. The molecule has 2 heterocycles. The van der Waals surface area contributed by atoms with E-state index in [9.17, 15) is 9.59 Å². The summed E-state index contributed by atoms with van der Waals surface area (Å²) in [7, 11) is 0. The summed E-state index contributed by atoms with van der Waals surface area (Å²) in [5.41, 5.74) is 4.36. The average molecular weight is 497 g/mol. The van der Waals surface area contributed by atoms with Crippen LogP contribution in [0.2, 0.25) is 0 Å². The van der Waals surface area contributed by atoms with Crippen LogP contribution in [-0.2, 0) is 17.8 Å². The zero-order chi connectivity index (χ0) is 24.9. The number of imide groups is 1. The summed E-state index contributed by atoms with van der Waals surface area (Å²) in [5, 5.41) is 0.854. The molecule has 0 radical (unpaired) electrons. The third kappa shape index (κ3) is 5.39. The van der Waals surface area contributed by atoms with Crippen LogP contribution < -0.4 is 4.74 Å². The number of thioether (sulfide) groups is 1. The molecule has 0 atom stereocenters. The molecule has 5 rings (SSSR count). The second kappa shape index (κ2) is 10.9. The van der Waals surface area contributed by atoms with Gasteiger partial charge in [0.25, 0.3) is 11.1 Å². The highest BCUT2D eigenvalue weighted by molar-refractivity contribution is 8.18. The van der Waals surface area contributed by atoms with Gasteiger partial charge in [-0.1, -0.05) is 66.2 Å². The Labute approximate surface area is 215 Å². The topological polar surface area (TPSA) is 51.5 Å². The lowest BCUT2D eigenvalue weighted by molar-refractivity contribution is -0.122. The monoisotopic (exact) mass is 496 g/mol. The number of para-hydroxylation sites is 1. The number of ether oxygens (including phenoxy) is 1. The minimum absolute atomic E-state index is 0.209. The average Bonchev–Trinajstić information content (AvgIpc) is 3.38. The summed E-state index contributed by atoms with van der Waals surface area (Å²) in [5.74, 6) is 0.658. The number of rotatable bonds is 9.